The van der Waals surface area contributed by atoms with Gasteiger partial charge in [-0.3, -0.25) is 4.90 Å². The predicted octanol–water partition coefficient (Wildman–Crippen LogP) is 1.14. The molecular weight excluding hydrogens is 320 g/mol. The van der Waals surface area contributed by atoms with Gasteiger partial charge in [-0.25, -0.2) is 17.9 Å². The Balaban J connectivity index is 1.93. The summed E-state index contributed by atoms with van der Waals surface area (Å²) in [5.41, 5.74) is 0.763. The first-order valence-corrected chi connectivity index (χ1v) is 9.52. The van der Waals surface area contributed by atoms with Gasteiger partial charge in [0.1, 0.15) is 5.76 Å². The van der Waals surface area contributed by atoms with Crippen LogP contribution in [0.2, 0.25) is 0 Å². The lowest BCUT2D eigenvalue weighted by Crippen LogP contribution is -2.40. The third kappa shape index (κ3) is 5.33. The van der Waals surface area contributed by atoms with Crippen LogP contribution in [0.25, 0.3) is 0 Å². The molecule has 0 saturated carbocycles. The second-order valence-electron chi connectivity index (χ2n) is 6.08. The van der Waals surface area contributed by atoms with Crippen molar-refractivity contribution in [2.24, 2.45) is 5.92 Å². The Morgan fingerprint density at radius 1 is 1.52 bits per heavy atom. The summed E-state index contributed by atoms with van der Waals surface area (Å²) in [6.07, 6.45) is 3.19. The maximum atomic E-state index is 11.6. The van der Waals surface area contributed by atoms with Crippen LogP contribution in [0, 0.1) is 12.8 Å². The molecule has 0 aromatic carbocycles. The largest absolute Gasteiger partial charge is 0.463 e. The lowest BCUT2D eigenvalue weighted by molar-refractivity contribution is 0.0558. The number of aryl methyl sites for hydroxylation is 1. The second kappa shape index (κ2) is 7.46. The van der Waals surface area contributed by atoms with Crippen LogP contribution >= 0.6 is 0 Å². The zero-order chi connectivity index (χ0) is 17.0. The van der Waals surface area contributed by atoms with Crippen molar-refractivity contribution >= 4 is 16.0 Å². The highest BCUT2D eigenvalue weighted by Crippen LogP contribution is 2.21. The van der Waals surface area contributed by atoms with Crippen LogP contribution in [0.15, 0.2) is 10.5 Å². The normalized spacial score (nSPS) is 19.7. The highest BCUT2D eigenvalue weighted by molar-refractivity contribution is 7.88. The molecule has 0 unspecified atom stereocenters. The molecule has 8 heteroatoms. The number of ether oxygens (including phenoxy) is 1. The summed E-state index contributed by atoms with van der Waals surface area (Å²) in [4.78, 5) is 13.8. The molecule has 23 heavy (non-hydrogen) atoms. The van der Waals surface area contributed by atoms with Gasteiger partial charge in [0, 0.05) is 18.7 Å². The quantitative estimate of drug-likeness (QED) is 0.779. The molecule has 1 aromatic heterocycles. The number of likely N-dealkylation sites (tertiary alicyclic amines) is 1. The molecule has 1 N–H and O–H groups in total. The minimum atomic E-state index is -3.15. The number of carbonyl (C=O) groups is 1. The van der Waals surface area contributed by atoms with Gasteiger partial charge < -0.3 is 9.15 Å². The predicted molar refractivity (Wildman–Crippen MR) is 85.6 cm³/mol. The molecule has 2 rings (SSSR count). The summed E-state index contributed by atoms with van der Waals surface area (Å²) in [7, 11) is -1.83. The van der Waals surface area contributed by atoms with Crippen molar-refractivity contribution in [3.63, 3.8) is 0 Å². The van der Waals surface area contributed by atoms with E-state index in [1.54, 1.807) is 0 Å². The number of carbonyl (C=O) groups excluding carboxylic acids is 1. The SMILES string of the molecule is COC(=O)c1oc(CN2CCC[C@H](CNS(C)(=O)=O)C2)cc1C. The fourth-order valence-electron chi connectivity index (χ4n) is 2.87. The van der Waals surface area contributed by atoms with Crippen LogP contribution in [-0.4, -0.2) is 52.3 Å². The van der Waals surface area contributed by atoms with E-state index in [1.165, 1.54) is 13.4 Å². The molecule has 130 valence electrons. The molecular formula is C15H24N2O5S. The molecule has 1 saturated heterocycles. The van der Waals surface area contributed by atoms with Crippen LogP contribution in [0.3, 0.4) is 0 Å². The molecule has 1 aromatic rings. The Kier molecular flexibility index (Phi) is 5.83. The first-order chi connectivity index (χ1) is 10.8. The molecule has 1 aliphatic rings. The van der Waals surface area contributed by atoms with Crippen LogP contribution in [0.5, 0.6) is 0 Å². The third-order valence-electron chi connectivity index (χ3n) is 3.96. The van der Waals surface area contributed by atoms with Gasteiger partial charge in [0.15, 0.2) is 0 Å². The van der Waals surface area contributed by atoms with E-state index >= 15 is 0 Å². The Hall–Kier alpha value is -1.38. The fraction of sp³-hybridized carbons (Fsp3) is 0.667. The van der Waals surface area contributed by atoms with Gasteiger partial charge in [-0.15, -0.1) is 0 Å². The number of piperidine rings is 1. The zero-order valence-corrected chi connectivity index (χ0v) is 14.6. The zero-order valence-electron chi connectivity index (χ0n) is 13.8. The number of rotatable bonds is 6. The van der Waals surface area contributed by atoms with E-state index in [4.69, 9.17) is 4.42 Å². The lowest BCUT2D eigenvalue weighted by Gasteiger charge is -2.32. The Labute approximate surface area is 137 Å². The first-order valence-electron chi connectivity index (χ1n) is 7.63. The standard InChI is InChI=1S/C15H24N2O5S/c1-11-7-13(22-14(11)15(18)21-2)10-17-6-4-5-12(9-17)8-16-23(3,19)20/h7,12,16H,4-6,8-10H2,1-3H3/t12-/m1/s1. The summed E-state index contributed by atoms with van der Waals surface area (Å²) < 4.78 is 35.2. The number of nitrogens with one attached hydrogen (secondary N) is 1. The number of hydrogen-bond acceptors (Lipinski definition) is 6. The summed E-state index contributed by atoms with van der Waals surface area (Å²) in [5.74, 6) is 0.784. The molecule has 1 aliphatic heterocycles. The van der Waals surface area contributed by atoms with Gasteiger partial charge in [-0.2, -0.15) is 0 Å². The number of esters is 1. The summed E-state index contributed by atoms with van der Waals surface area (Å²) in [6, 6.07) is 1.85. The highest BCUT2D eigenvalue weighted by Gasteiger charge is 2.23. The maximum absolute atomic E-state index is 11.6. The lowest BCUT2D eigenvalue weighted by atomic mass is 9.98. The maximum Gasteiger partial charge on any atom is 0.374 e. The Morgan fingerprint density at radius 3 is 2.91 bits per heavy atom. The van der Waals surface area contributed by atoms with Crippen LogP contribution in [-0.2, 0) is 21.3 Å². The smallest absolute Gasteiger partial charge is 0.374 e. The third-order valence-corrected chi connectivity index (χ3v) is 4.65. The molecule has 0 spiro atoms. The van der Waals surface area contributed by atoms with Gasteiger partial charge in [0.25, 0.3) is 0 Å². The Bertz CT molecular complexity index is 653. The van der Waals surface area contributed by atoms with E-state index < -0.39 is 16.0 Å². The molecule has 7 nitrogen and oxygen atoms in total. The summed E-state index contributed by atoms with van der Waals surface area (Å²) >= 11 is 0. The minimum Gasteiger partial charge on any atom is -0.463 e. The first kappa shape index (κ1) is 18.0. The van der Waals surface area contributed by atoms with Gasteiger partial charge >= 0.3 is 5.97 Å². The number of nitrogens with zero attached hydrogens (tertiary/aromatic N) is 1. The number of sulfonamides is 1. The monoisotopic (exact) mass is 344 g/mol. The van der Waals surface area contributed by atoms with E-state index in [2.05, 4.69) is 14.4 Å². The number of furan rings is 1. The van der Waals surface area contributed by atoms with E-state index in [9.17, 15) is 13.2 Å². The average molecular weight is 344 g/mol. The van der Waals surface area contributed by atoms with Crippen LogP contribution < -0.4 is 4.72 Å². The number of methoxy groups -OCH3 is 1. The molecule has 0 aliphatic carbocycles. The van der Waals surface area contributed by atoms with E-state index in [1.807, 2.05) is 13.0 Å². The van der Waals surface area contributed by atoms with Crippen molar-refractivity contribution in [2.45, 2.75) is 26.3 Å². The number of hydrogen-bond donors (Lipinski definition) is 1. The molecule has 2 heterocycles. The summed E-state index contributed by atoms with van der Waals surface area (Å²) in [5, 5.41) is 0. The fourth-order valence-corrected chi connectivity index (χ4v) is 3.41. The summed E-state index contributed by atoms with van der Waals surface area (Å²) in [6.45, 7) is 4.61. The van der Waals surface area contributed by atoms with Crippen molar-refractivity contribution in [1.29, 1.82) is 0 Å². The van der Waals surface area contributed by atoms with Gasteiger partial charge in [0.05, 0.1) is 19.9 Å². The van der Waals surface area contributed by atoms with E-state index in [-0.39, 0.29) is 11.7 Å². The second-order valence-corrected chi connectivity index (χ2v) is 7.91. The van der Waals surface area contributed by atoms with Crippen LogP contribution in [0.1, 0.15) is 34.7 Å². The van der Waals surface area contributed by atoms with Gasteiger partial charge in [-0.1, -0.05) is 0 Å². The van der Waals surface area contributed by atoms with Crippen molar-refractivity contribution in [1.82, 2.24) is 9.62 Å². The van der Waals surface area contributed by atoms with Gasteiger partial charge in [0.2, 0.25) is 15.8 Å². The molecule has 1 fully saturated rings. The molecule has 0 radical (unpaired) electrons. The molecule has 1 atom stereocenters. The van der Waals surface area contributed by atoms with Crippen molar-refractivity contribution in [3.05, 3.63) is 23.2 Å². The Morgan fingerprint density at radius 2 is 2.26 bits per heavy atom. The van der Waals surface area contributed by atoms with Crippen molar-refractivity contribution in [2.75, 3.05) is 33.0 Å². The van der Waals surface area contributed by atoms with Crippen molar-refractivity contribution < 1.29 is 22.4 Å². The average Bonchev–Trinajstić information content (AvgIpc) is 2.84. The van der Waals surface area contributed by atoms with Crippen LogP contribution in [0.4, 0.5) is 0 Å². The molecule has 0 bridgehead atoms. The van der Waals surface area contributed by atoms with Gasteiger partial charge in [-0.05, 0) is 38.3 Å². The van der Waals surface area contributed by atoms with Crippen molar-refractivity contribution in [3.8, 4) is 0 Å². The minimum absolute atomic E-state index is 0.245. The topological polar surface area (TPSA) is 88.8 Å². The molecule has 0 amide bonds. The highest BCUT2D eigenvalue weighted by atomic mass is 32.2. The van der Waals surface area contributed by atoms with E-state index in [0.29, 0.717) is 13.1 Å². The van der Waals surface area contributed by atoms with E-state index in [0.717, 1.165) is 37.3 Å².